The van der Waals surface area contributed by atoms with Gasteiger partial charge in [0.1, 0.15) is 17.6 Å². The van der Waals surface area contributed by atoms with E-state index in [4.69, 9.17) is 19.4 Å². The Balaban J connectivity index is 1.45. The second-order valence-electron chi connectivity index (χ2n) is 9.78. The summed E-state index contributed by atoms with van der Waals surface area (Å²) in [7, 11) is 2.83. The van der Waals surface area contributed by atoms with Crippen LogP contribution in [-0.4, -0.2) is 71.8 Å². The summed E-state index contributed by atoms with van der Waals surface area (Å²) in [4.78, 5) is 35.6. The number of carbonyl (C=O) groups is 2. The molecule has 2 aromatic heterocycles. The lowest BCUT2D eigenvalue weighted by atomic mass is 10.0. The van der Waals surface area contributed by atoms with E-state index in [1.807, 2.05) is 30.3 Å². The molecule has 3 heterocycles. The number of benzene rings is 2. The minimum absolute atomic E-state index is 0.114. The molecule has 4 aromatic rings. The van der Waals surface area contributed by atoms with Gasteiger partial charge in [-0.15, -0.1) is 0 Å². The second kappa shape index (κ2) is 13.1. The van der Waals surface area contributed by atoms with Crippen LogP contribution < -0.4 is 10.6 Å². The normalized spacial score (nSPS) is 16.7. The number of nitrogens with one attached hydrogen (secondary N) is 2. The number of aromatic nitrogens is 3. The number of pyridine rings is 1. The fourth-order valence-electron chi connectivity index (χ4n) is 4.81. The van der Waals surface area contributed by atoms with Gasteiger partial charge in [-0.25, -0.2) is 28.0 Å². The average molecular weight is 593 g/mol. The van der Waals surface area contributed by atoms with Gasteiger partial charge in [0.25, 0.3) is 0 Å². The summed E-state index contributed by atoms with van der Waals surface area (Å²) >= 11 is 0. The zero-order valence-electron chi connectivity index (χ0n) is 23.7. The molecule has 11 nitrogen and oxygen atoms in total. The van der Waals surface area contributed by atoms with Crippen molar-refractivity contribution in [3.63, 3.8) is 0 Å². The Hall–Kier alpha value is -4.72. The van der Waals surface area contributed by atoms with Gasteiger partial charge < -0.3 is 14.8 Å². The number of urea groups is 1. The molecule has 0 unspecified atom stereocenters. The molecule has 43 heavy (non-hydrogen) atoms. The molecule has 0 bridgehead atoms. The number of amides is 2. The second-order valence-corrected chi connectivity index (χ2v) is 9.78. The first-order valence-corrected chi connectivity index (χ1v) is 13.4. The summed E-state index contributed by atoms with van der Waals surface area (Å²) in [5.74, 6) is -2.20. The molecule has 2 amide bonds. The molecule has 0 saturated carbocycles. The molecule has 224 valence electrons. The Kier molecular flexibility index (Phi) is 9.04. The maximum atomic E-state index is 14.1. The fourth-order valence-corrected chi connectivity index (χ4v) is 4.81. The van der Waals surface area contributed by atoms with Crippen LogP contribution in [0.4, 0.5) is 19.4 Å². The number of para-hydroxylation sites is 1. The topological polar surface area (TPSA) is 120 Å². The summed E-state index contributed by atoms with van der Waals surface area (Å²) < 4.78 is 39.3. The summed E-state index contributed by atoms with van der Waals surface area (Å²) in [6.07, 6.45) is 0.706. The molecule has 0 radical (unpaired) electrons. The zero-order valence-corrected chi connectivity index (χ0v) is 23.7. The van der Waals surface area contributed by atoms with Crippen molar-refractivity contribution >= 4 is 17.8 Å². The first kappa shape index (κ1) is 29.8. The standard InChI is InChI=1S/C30H30F2N6O5/c1-18-26(19-11-12-33-24(16-19)29(39)42-3)36-38(21-7-5-4-6-8-21)28(18)35-30(40)34-25-17-37(13-14-41-2)43-27(25)20-9-10-22(31)23(32)15-20/h4-12,15-16,25,27H,13-14,17H2,1-3H3,(H2,34,35,40)/t25-,27+/m1/s1. The SMILES string of the molecule is COCCN1C[C@@H](NC(=O)Nc2c(C)c(-c3ccnc(C(=O)OC)c3)nn2-c2ccccc2)[C@H](c2ccc(F)c(F)c2)O1. The summed E-state index contributed by atoms with van der Waals surface area (Å²) in [6, 6.07) is 14.8. The van der Waals surface area contributed by atoms with Crippen LogP contribution in [-0.2, 0) is 14.3 Å². The van der Waals surface area contributed by atoms with Gasteiger partial charge in [-0.1, -0.05) is 24.3 Å². The van der Waals surface area contributed by atoms with E-state index in [1.54, 1.807) is 35.9 Å². The molecular formula is C30H30F2N6O5. The van der Waals surface area contributed by atoms with E-state index in [9.17, 15) is 18.4 Å². The number of methoxy groups -OCH3 is 2. The summed E-state index contributed by atoms with van der Waals surface area (Å²) in [6.45, 7) is 2.84. The van der Waals surface area contributed by atoms with E-state index in [0.717, 1.165) is 12.1 Å². The maximum absolute atomic E-state index is 14.1. The number of esters is 1. The van der Waals surface area contributed by atoms with Crippen LogP contribution in [0, 0.1) is 18.6 Å². The van der Waals surface area contributed by atoms with Crippen LogP contribution in [0.3, 0.4) is 0 Å². The van der Waals surface area contributed by atoms with Gasteiger partial charge in [-0.3, -0.25) is 10.2 Å². The van der Waals surface area contributed by atoms with E-state index < -0.39 is 35.8 Å². The zero-order chi connectivity index (χ0) is 30.5. The highest BCUT2D eigenvalue weighted by Gasteiger charge is 2.37. The van der Waals surface area contributed by atoms with Gasteiger partial charge in [-0.2, -0.15) is 10.2 Å². The third-order valence-electron chi connectivity index (χ3n) is 6.94. The molecule has 2 N–H and O–H groups in total. The van der Waals surface area contributed by atoms with E-state index in [1.165, 1.54) is 19.4 Å². The molecule has 2 atom stereocenters. The van der Waals surface area contributed by atoms with Crippen molar-refractivity contribution in [2.24, 2.45) is 0 Å². The van der Waals surface area contributed by atoms with E-state index >= 15 is 0 Å². The Morgan fingerprint density at radius 1 is 1.07 bits per heavy atom. The lowest BCUT2D eigenvalue weighted by Gasteiger charge is -2.20. The molecule has 1 aliphatic heterocycles. The van der Waals surface area contributed by atoms with Gasteiger partial charge in [0.2, 0.25) is 0 Å². The van der Waals surface area contributed by atoms with Crippen molar-refractivity contribution in [1.82, 2.24) is 25.1 Å². The van der Waals surface area contributed by atoms with Gasteiger partial charge in [0.15, 0.2) is 11.6 Å². The van der Waals surface area contributed by atoms with E-state index in [2.05, 4.69) is 15.6 Å². The Bertz CT molecular complexity index is 1620. The Morgan fingerprint density at radius 3 is 2.58 bits per heavy atom. The van der Waals surface area contributed by atoms with Crippen molar-refractivity contribution in [1.29, 1.82) is 0 Å². The Labute approximate surface area is 246 Å². The lowest BCUT2D eigenvalue weighted by molar-refractivity contribution is -0.154. The fraction of sp³-hybridized carbons (Fsp3) is 0.267. The Morgan fingerprint density at radius 2 is 1.86 bits per heavy atom. The number of hydrogen-bond acceptors (Lipinski definition) is 8. The number of carbonyl (C=O) groups excluding carboxylic acids is 2. The van der Waals surface area contributed by atoms with Crippen LogP contribution in [0.25, 0.3) is 16.9 Å². The number of hydrogen-bond donors (Lipinski definition) is 2. The minimum Gasteiger partial charge on any atom is -0.464 e. The number of hydroxylamine groups is 2. The van der Waals surface area contributed by atoms with Crippen molar-refractivity contribution < 1.29 is 32.7 Å². The third-order valence-corrected chi connectivity index (χ3v) is 6.94. The molecular weight excluding hydrogens is 562 g/mol. The molecule has 5 rings (SSSR count). The molecule has 1 saturated heterocycles. The van der Waals surface area contributed by atoms with Crippen molar-refractivity contribution in [2.75, 3.05) is 39.2 Å². The lowest BCUT2D eigenvalue weighted by Crippen LogP contribution is -2.42. The predicted octanol–water partition coefficient (Wildman–Crippen LogP) is 4.43. The van der Waals surface area contributed by atoms with Crippen molar-refractivity contribution in [2.45, 2.75) is 19.1 Å². The van der Waals surface area contributed by atoms with Crippen molar-refractivity contribution in [3.8, 4) is 16.9 Å². The van der Waals surface area contributed by atoms with Gasteiger partial charge in [-0.05, 0) is 48.9 Å². The summed E-state index contributed by atoms with van der Waals surface area (Å²) in [5.41, 5.74) is 2.91. The highest BCUT2D eigenvalue weighted by Crippen LogP contribution is 2.32. The van der Waals surface area contributed by atoms with Crippen LogP contribution in [0.15, 0.2) is 66.9 Å². The monoisotopic (exact) mass is 592 g/mol. The molecule has 0 aliphatic carbocycles. The maximum Gasteiger partial charge on any atom is 0.356 e. The van der Waals surface area contributed by atoms with Crippen LogP contribution in [0.5, 0.6) is 0 Å². The van der Waals surface area contributed by atoms with Gasteiger partial charge in [0, 0.05) is 37.5 Å². The van der Waals surface area contributed by atoms with Crippen LogP contribution in [0.1, 0.15) is 27.7 Å². The van der Waals surface area contributed by atoms with Crippen LogP contribution in [0.2, 0.25) is 0 Å². The first-order chi connectivity index (χ1) is 20.8. The van der Waals surface area contributed by atoms with Crippen molar-refractivity contribution in [3.05, 3.63) is 95.3 Å². The van der Waals surface area contributed by atoms with Crippen LogP contribution >= 0.6 is 0 Å². The first-order valence-electron chi connectivity index (χ1n) is 13.4. The minimum atomic E-state index is -1.01. The average Bonchev–Trinajstić information content (AvgIpc) is 3.57. The highest BCUT2D eigenvalue weighted by molar-refractivity contribution is 5.92. The van der Waals surface area contributed by atoms with E-state index in [-0.39, 0.29) is 12.2 Å². The largest absolute Gasteiger partial charge is 0.464 e. The quantitative estimate of drug-likeness (QED) is 0.274. The highest BCUT2D eigenvalue weighted by atomic mass is 19.2. The third kappa shape index (κ3) is 6.53. The molecule has 1 aliphatic rings. The molecule has 2 aromatic carbocycles. The number of rotatable bonds is 9. The molecule has 1 fully saturated rings. The van der Waals surface area contributed by atoms with Gasteiger partial charge in [0.05, 0.1) is 31.1 Å². The summed E-state index contributed by atoms with van der Waals surface area (Å²) in [5, 5.41) is 12.2. The number of ether oxygens (including phenoxy) is 2. The van der Waals surface area contributed by atoms with Gasteiger partial charge >= 0.3 is 12.0 Å². The molecule has 0 spiro atoms. The number of halogens is 2. The molecule has 13 heteroatoms. The number of nitrogens with zero attached hydrogens (tertiary/aromatic N) is 4. The van der Waals surface area contributed by atoms with E-state index in [0.29, 0.717) is 47.0 Å². The number of anilines is 1. The smallest absolute Gasteiger partial charge is 0.356 e. The predicted molar refractivity (Wildman–Crippen MR) is 152 cm³/mol.